The number of aromatic amines is 1. The number of carbonyl (C=O) groups is 1. The van der Waals surface area contributed by atoms with Crippen molar-refractivity contribution in [2.45, 2.75) is 50.6 Å². The van der Waals surface area contributed by atoms with Crippen molar-refractivity contribution in [2.75, 3.05) is 6.54 Å². The number of halogens is 2. The molecule has 1 amide bonds. The molecule has 3 N–H and O–H groups in total. The molecule has 1 aliphatic rings. The molecule has 10 heteroatoms. The van der Waals surface area contributed by atoms with Gasteiger partial charge in [-0.2, -0.15) is 5.10 Å². The van der Waals surface area contributed by atoms with Crippen LogP contribution in [0.5, 0.6) is 0 Å². The van der Waals surface area contributed by atoms with E-state index in [9.17, 15) is 13.6 Å². The Morgan fingerprint density at radius 1 is 1.31 bits per heavy atom. The van der Waals surface area contributed by atoms with Gasteiger partial charge in [-0.1, -0.05) is 0 Å². The Balaban J connectivity index is 1.43. The first-order chi connectivity index (χ1) is 13.9. The molecule has 3 aromatic rings. The molecule has 3 aromatic heterocycles. The lowest BCUT2D eigenvalue weighted by Gasteiger charge is -2.30. The number of nitrogens with one attached hydrogen (secondary N) is 3. The van der Waals surface area contributed by atoms with Crippen molar-refractivity contribution in [3.63, 3.8) is 0 Å². The number of hydrogen-bond donors (Lipinski definition) is 3. The number of nitrogens with zero attached hydrogens (tertiary/aromatic N) is 4. The SMILES string of the molecule is CC(F)(F)CN[C@H]1CC[C@H](NC(=O)c2nc(-n3ccnc3)cc3cn[nH]c23)CC1. The van der Waals surface area contributed by atoms with Crippen LogP contribution in [0.15, 0.2) is 31.0 Å². The van der Waals surface area contributed by atoms with Gasteiger partial charge in [-0.3, -0.25) is 14.5 Å². The number of H-pyrrole nitrogens is 1. The molecule has 1 aliphatic carbocycles. The molecule has 0 saturated heterocycles. The summed E-state index contributed by atoms with van der Waals surface area (Å²) >= 11 is 0. The van der Waals surface area contributed by atoms with Crippen molar-refractivity contribution < 1.29 is 13.6 Å². The van der Waals surface area contributed by atoms with Crippen LogP contribution in [0.2, 0.25) is 0 Å². The van der Waals surface area contributed by atoms with E-state index >= 15 is 0 Å². The van der Waals surface area contributed by atoms with Crippen LogP contribution >= 0.6 is 0 Å². The third-order valence-corrected chi connectivity index (χ3v) is 5.16. The van der Waals surface area contributed by atoms with Gasteiger partial charge >= 0.3 is 0 Å². The van der Waals surface area contributed by atoms with Crippen LogP contribution < -0.4 is 10.6 Å². The summed E-state index contributed by atoms with van der Waals surface area (Å²) in [6, 6.07) is 1.87. The number of pyridine rings is 1. The molecule has 0 radical (unpaired) electrons. The van der Waals surface area contributed by atoms with Crippen LogP contribution in [0, 0.1) is 0 Å². The first kappa shape index (κ1) is 19.4. The van der Waals surface area contributed by atoms with E-state index in [0.29, 0.717) is 11.3 Å². The standard InChI is InChI=1S/C19H23F2N7O/c1-19(20,21)10-23-13-2-4-14(5-3-13)25-18(29)17-16-12(9-24-27-16)8-15(26-17)28-7-6-22-11-28/h6-9,11,13-14,23H,2-5,10H2,1H3,(H,24,27)(H,25,29)/t13-,14-. The molecular formula is C19H23F2N7O. The molecular weight excluding hydrogens is 380 g/mol. The monoisotopic (exact) mass is 403 g/mol. The molecule has 1 fully saturated rings. The zero-order valence-corrected chi connectivity index (χ0v) is 16.0. The van der Waals surface area contributed by atoms with Gasteiger partial charge in [0.2, 0.25) is 0 Å². The number of hydrogen-bond acceptors (Lipinski definition) is 5. The van der Waals surface area contributed by atoms with Crippen LogP contribution in [0.4, 0.5) is 8.78 Å². The highest BCUT2D eigenvalue weighted by Crippen LogP contribution is 2.22. The fraction of sp³-hybridized carbons (Fsp3) is 0.474. The zero-order chi connectivity index (χ0) is 20.4. The lowest BCUT2D eigenvalue weighted by Crippen LogP contribution is -2.44. The maximum atomic E-state index is 13.0. The van der Waals surface area contributed by atoms with Crippen LogP contribution in [0.1, 0.15) is 43.1 Å². The van der Waals surface area contributed by atoms with Gasteiger partial charge in [-0.25, -0.2) is 18.7 Å². The van der Waals surface area contributed by atoms with Crippen molar-refractivity contribution >= 4 is 16.8 Å². The maximum absolute atomic E-state index is 13.0. The molecule has 0 aromatic carbocycles. The summed E-state index contributed by atoms with van der Waals surface area (Å²) in [5, 5.41) is 13.6. The van der Waals surface area contributed by atoms with Crippen molar-refractivity contribution in [1.29, 1.82) is 0 Å². The summed E-state index contributed by atoms with van der Waals surface area (Å²) in [6.07, 6.45) is 9.59. The summed E-state index contributed by atoms with van der Waals surface area (Å²) in [6.45, 7) is 0.588. The first-order valence-electron chi connectivity index (χ1n) is 9.63. The van der Waals surface area contributed by atoms with E-state index < -0.39 is 5.92 Å². The summed E-state index contributed by atoms with van der Waals surface area (Å²) in [5.41, 5.74) is 0.849. The van der Waals surface area contributed by atoms with Gasteiger partial charge in [-0.15, -0.1) is 0 Å². The molecule has 1 saturated carbocycles. The predicted octanol–water partition coefficient (Wildman–Crippen LogP) is 2.43. The van der Waals surface area contributed by atoms with Crippen molar-refractivity contribution in [1.82, 2.24) is 35.4 Å². The average molecular weight is 403 g/mol. The number of alkyl halides is 2. The second kappa shape index (κ2) is 7.86. The number of amides is 1. The fourth-order valence-corrected chi connectivity index (χ4v) is 3.65. The highest BCUT2D eigenvalue weighted by molar-refractivity contribution is 6.04. The van der Waals surface area contributed by atoms with Crippen LogP contribution in [-0.2, 0) is 0 Å². The summed E-state index contributed by atoms with van der Waals surface area (Å²) in [4.78, 5) is 21.4. The molecule has 3 heterocycles. The Kier molecular flexibility index (Phi) is 5.27. The normalized spacial score (nSPS) is 20.1. The highest BCUT2D eigenvalue weighted by atomic mass is 19.3. The molecule has 8 nitrogen and oxygen atoms in total. The van der Waals surface area contributed by atoms with Crippen LogP contribution in [-0.4, -0.2) is 55.2 Å². The van der Waals surface area contributed by atoms with Gasteiger partial charge in [-0.05, 0) is 31.7 Å². The number of aromatic nitrogens is 5. The molecule has 0 aliphatic heterocycles. The quantitative estimate of drug-likeness (QED) is 0.587. The van der Waals surface area contributed by atoms with Crippen LogP contribution in [0.3, 0.4) is 0 Å². The second-order valence-electron chi connectivity index (χ2n) is 7.61. The first-order valence-corrected chi connectivity index (χ1v) is 9.63. The Morgan fingerprint density at radius 2 is 2.07 bits per heavy atom. The van der Waals surface area contributed by atoms with Crippen molar-refractivity contribution in [3.8, 4) is 5.82 Å². The number of carbonyl (C=O) groups excluding carboxylic acids is 1. The van der Waals surface area contributed by atoms with Crippen molar-refractivity contribution in [2.24, 2.45) is 0 Å². The van der Waals surface area contributed by atoms with E-state index in [-0.39, 0.29) is 30.2 Å². The third-order valence-electron chi connectivity index (χ3n) is 5.16. The van der Waals surface area contributed by atoms with E-state index in [0.717, 1.165) is 38.0 Å². The second-order valence-corrected chi connectivity index (χ2v) is 7.61. The molecule has 29 heavy (non-hydrogen) atoms. The van der Waals surface area contributed by atoms with Gasteiger partial charge in [0.05, 0.1) is 18.3 Å². The molecule has 0 unspecified atom stereocenters. The smallest absolute Gasteiger partial charge is 0.272 e. The zero-order valence-electron chi connectivity index (χ0n) is 16.0. The van der Waals surface area contributed by atoms with E-state index in [1.54, 1.807) is 29.5 Å². The Morgan fingerprint density at radius 3 is 2.76 bits per heavy atom. The minimum absolute atomic E-state index is 0.0145. The molecule has 4 rings (SSSR count). The number of fused-ring (bicyclic) bond motifs is 1. The number of imidazole rings is 1. The van der Waals surface area contributed by atoms with Crippen LogP contribution in [0.25, 0.3) is 16.7 Å². The van der Waals surface area contributed by atoms with Gasteiger partial charge in [0.15, 0.2) is 5.69 Å². The third kappa shape index (κ3) is 4.58. The van der Waals surface area contributed by atoms with Crippen molar-refractivity contribution in [3.05, 3.63) is 36.7 Å². The van der Waals surface area contributed by atoms with Gasteiger partial charge < -0.3 is 10.6 Å². The van der Waals surface area contributed by atoms with Gasteiger partial charge in [0.25, 0.3) is 11.8 Å². The Hall–Kier alpha value is -2.88. The Bertz CT molecular complexity index is 972. The lowest BCUT2D eigenvalue weighted by molar-refractivity contribution is 0.0184. The number of rotatable bonds is 6. The molecule has 0 atom stereocenters. The fourth-order valence-electron chi connectivity index (χ4n) is 3.65. The molecule has 0 bridgehead atoms. The maximum Gasteiger partial charge on any atom is 0.272 e. The summed E-state index contributed by atoms with van der Waals surface area (Å²) < 4.78 is 27.7. The Labute approximate surface area is 166 Å². The molecule has 0 spiro atoms. The van der Waals surface area contributed by atoms with E-state index in [2.05, 4.69) is 30.8 Å². The van der Waals surface area contributed by atoms with E-state index in [1.165, 1.54) is 0 Å². The summed E-state index contributed by atoms with van der Waals surface area (Å²) in [5.74, 6) is -2.42. The minimum Gasteiger partial charge on any atom is -0.348 e. The largest absolute Gasteiger partial charge is 0.348 e. The van der Waals surface area contributed by atoms with Gasteiger partial charge in [0.1, 0.15) is 12.1 Å². The lowest BCUT2D eigenvalue weighted by atomic mass is 9.91. The highest BCUT2D eigenvalue weighted by Gasteiger charge is 2.27. The van der Waals surface area contributed by atoms with E-state index in [4.69, 9.17) is 0 Å². The molecule has 154 valence electrons. The topological polar surface area (TPSA) is 101 Å². The van der Waals surface area contributed by atoms with Gasteiger partial charge in [0, 0.05) is 36.8 Å². The summed E-state index contributed by atoms with van der Waals surface area (Å²) in [7, 11) is 0. The van der Waals surface area contributed by atoms with E-state index in [1.807, 2.05) is 6.07 Å². The minimum atomic E-state index is -2.72. The average Bonchev–Trinajstić information content (AvgIpc) is 3.37. The predicted molar refractivity (Wildman–Crippen MR) is 103 cm³/mol.